The van der Waals surface area contributed by atoms with Crippen molar-refractivity contribution in [3.63, 3.8) is 0 Å². The molecule has 4 heteroatoms. The summed E-state index contributed by atoms with van der Waals surface area (Å²) in [4.78, 5) is 2.06. The predicted octanol–water partition coefficient (Wildman–Crippen LogP) is 1.41. The Morgan fingerprint density at radius 2 is 2.08 bits per heavy atom. The first-order chi connectivity index (χ1) is 6.19. The first-order valence-corrected chi connectivity index (χ1v) is 4.38. The summed E-state index contributed by atoms with van der Waals surface area (Å²) in [6.07, 6.45) is 0. The minimum atomic E-state index is -0.0293. The van der Waals surface area contributed by atoms with Crippen molar-refractivity contribution in [3.8, 4) is 0 Å². The van der Waals surface area contributed by atoms with Gasteiger partial charge < -0.3 is 15.1 Å². The second-order valence-electron chi connectivity index (χ2n) is 2.72. The fourth-order valence-electron chi connectivity index (χ4n) is 1.18. The number of amidine groups is 1. The van der Waals surface area contributed by atoms with E-state index >= 15 is 0 Å². The molecule has 0 saturated carbocycles. The SMILES string of the molecule is CCN(CC)c1ccc(C(=N)N)o1. The molecule has 4 nitrogen and oxygen atoms in total. The minimum absolute atomic E-state index is 0.0293. The van der Waals surface area contributed by atoms with Crippen LogP contribution in [0.2, 0.25) is 0 Å². The molecule has 0 unspecified atom stereocenters. The van der Waals surface area contributed by atoms with E-state index < -0.39 is 0 Å². The van der Waals surface area contributed by atoms with Crippen LogP contribution >= 0.6 is 0 Å². The molecule has 1 aromatic rings. The van der Waals surface area contributed by atoms with Crippen LogP contribution in [0.25, 0.3) is 0 Å². The maximum absolute atomic E-state index is 7.17. The van der Waals surface area contributed by atoms with E-state index in [0.29, 0.717) is 5.76 Å². The monoisotopic (exact) mass is 181 g/mol. The Kier molecular flexibility index (Phi) is 2.95. The van der Waals surface area contributed by atoms with Gasteiger partial charge in [-0.05, 0) is 19.9 Å². The second kappa shape index (κ2) is 3.98. The second-order valence-corrected chi connectivity index (χ2v) is 2.72. The molecule has 0 bridgehead atoms. The summed E-state index contributed by atoms with van der Waals surface area (Å²) in [5.41, 5.74) is 5.28. The maximum atomic E-state index is 7.17. The number of rotatable bonds is 4. The molecular formula is C9H15N3O. The van der Waals surface area contributed by atoms with E-state index in [1.807, 2.05) is 6.07 Å². The van der Waals surface area contributed by atoms with Crippen molar-refractivity contribution in [1.29, 1.82) is 5.41 Å². The van der Waals surface area contributed by atoms with Gasteiger partial charge in [0.05, 0.1) is 0 Å². The van der Waals surface area contributed by atoms with E-state index in [0.717, 1.165) is 19.0 Å². The van der Waals surface area contributed by atoms with Crippen molar-refractivity contribution in [2.24, 2.45) is 5.73 Å². The van der Waals surface area contributed by atoms with Crippen molar-refractivity contribution in [2.75, 3.05) is 18.0 Å². The molecule has 3 N–H and O–H groups in total. The molecule has 0 spiro atoms. The smallest absolute Gasteiger partial charge is 0.196 e. The third kappa shape index (κ3) is 2.02. The van der Waals surface area contributed by atoms with E-state index in [2.05, 4.69) is 18.7 Å². The highest BCUT2D eigenvalue weighted by molar-refractivity contribution is 5.92. The number of anilines is 1. The quantitative estimate of drug-likeness (QED) is 0.545. The van der Waals surface area contributed by atoms with Gasteiger partial charge in [-0.15, -0.1) is 0 Å². The normalized spacial score (nSPS) is 10.0. The van der Waals surface area contributed by atoms with Gasteiger partial charge >= 0.3 is 0 Å². The number of nitrogens with one attached hydrogen (secondary N) is 1. The Morgan fingerprint density at radius 3 is 2.46 bits per heavy atom. The summed E-state index contributed by atoms with van der Waals surface area (Å²) >= 11 is 0. The average Bonchev–Trinajstić information content (AvgIpc) is 2.56. The predicted molar refractivity (Wildman–Crippen MR) is 53.3 cm³/mol. The summed E-state index contributed by atoms with van der Waals surface area (Å²) in [6, 6.07) is 3.56. The molecule has 0 aliphatic carbocycles. The van der Waals surface area contributed by atoms with Crippen LogP contribution in [0.5, 0.6) is 0 Å². The van der Waals surface area contributed by atoms with Gasteiger partial charge in [-0.1, -0.05) is 0 Å². The summed E-state index contributed by atoms with van der Waals surface area (Å²) in [5.74, 6) is 1.18. The van der Waals surface area contributed by atoms with E-state index in [4.69, 9.17) is 15.6 Å². The molecule has 1 aromatic heterocycles. The molecule has 0 aromatic carbocycles. The summed E-state index contributed by atoms with van der Waals surface area (Å²) in [6.45, 7) is 5.89. The van der Waals surface area contributed by atoms with Crippen molar-refractivity contribution >= 4 is 11.7 Å². The van der Waals surface area contributed by atoms with Crippen LogP contribution < -0.4 is 10.6 Å². The van der Waals surface area contributed by atoms with Crippen LogP contribution in [0.3, 0.4) is 0 Å². The van der Waals surface area contributed by atoms with Crippen LogP contribution in [0, 0.1) is 5.41 Å². The molecule has 0 fully saturated rings. The van der Waals surface area contributed by atoms with Gasteiger partial charge in [-0.25, -0.2) is 0 Å². The summed E-state index contributed by atoms with van der Waals surface area (Å²) in [7, 11) is 0. The minimum Gasteiger partial charge on any atom is -0.437 e. The van der Waals surface area contributed by atoms with Crippen LogP contribution in [0.1, 0.15) is 19.6 Å². The summed E-state index contributed by atoms with van der Waals surface area (Å²) in [5, 5.41) is 7.17. The van der Waals surface area contributed by atoms with Crippen LogP contribution in [0.4, 0.5) is 5.88 Å². The van der Waals surface area contributed by atoms with Gasteiger partial charge in [0, 0.05) is 19.2 Å². The average molecular weight is 181 g/mol. The first kappa shape index (κ1) is 9.64. The highest BCUT2D eigenvalue weighted by Crippen LogP contribution is 2.17. The van der Waals surface area contributed by atoms with Gasteiger partial charge in [0.1, 0.15) is 0 Å². The van der Waals surface area contributed by atoms with E-state index in [1.54, 1.807) is 6.07 Å². The Hall–Kier alpha value is -1.45. The van der Waals surface area contributed by atoms with E-state index in [1.165, 1.54) is 0 Å². The number of furan rings is 1. The fraction of sp³-hybridized carbons (Fsp3) is 0.444. The number of nitrogen functional groups attached to an aromatic ring is 1. The molecule has 0 saturated heterocycles. The van der Waals surface area contributed by atoms with Crippen molar-refractivity contribution in [3.05, 3.63) is 17.9 Å². The maximum Gasteiger partial charge on any atom is 0.196 e. The number of hydrogen-bond donors (Lipinski definition) is 2. The highest BCUT2D eigenvalue weighted by Gasteiger charge is 2.08. The lowest BCUT2D eigenvalue weighted by Gasteiger charge is -2.16. The molecule has 0 aliphatic rings. The lowest BCUT2D eigenvalue weighted by molar-refractivity contribution is 0.540. The largest absolute Gasteiger partial charge is 0.437 e. The lowest BCUT2D eigenvalue weighted by atomic mass is 10.4. The number of nitrogens with zero attached hydrogens (tertiary/aromatic N) is 1. The van der Waals surface area contributed by atoms with E-state index in [9.17, 15) is 0 Å². The molecule has 13 heavy (non-hydrogen) atoms. The van der Waals surface area contributed by atoms with Gasteiger partial charge in [0.2, 0.25) is 0 Å². The Bertz CT molecular complexity index is 289. The first-order valence-electron chi connectivity index (χ1n) is 4.38. The van der Waals surface area contributed by atoms with Crippen molar-refractivity contribution in [2.45, 2.75) is 13.8 Å². The van der Waals surface area contributed by atoms with Gasteiger partial charge in [-0.3, -0.25) is 5.41 Å². The van der Waals surface area contributed by atoms with Gasteiger partial charge in [-0.2, -0.15) is 0 Å². The topological polar surface area (TPSA) is 66.2 Å². The van der Waals surface area contributed by atoms with Gasteiger partial charge in [0.25, 0.3) is 0 Å². The molecule has 72 valence electrons. The lowest BCUT2D eigenvalue weighted by Crippen LogP contribution is -2.21. The van der Waals surface area contributed by atoms with Crippen LogP contribution in [-0.2, 0) is 0 Å². The Labute approximate surface area is 77.8 Å². The zero-order valence-corrected chi connectivity index (χ0v) is 8.00. The van der Waals surface area contributed by atoms with Crippen molar-refractivity contribution in [1.82, 2.24) is 0 Å². The fourth-order valence-corrected chi connectivity index (χ4v) is 1.18. The highest BCUT2D eigenvalue weighted by atomic mass is 16.4. The van der Waals surface area contributed by atoms with Crippen LogP contribution in [0.15, 0.2) is 16.5 Å². The number of nitrogens with two attached hydrogens (primary N) is 1. The van der Waals surface area contributed by atoms with Crippen molar-refractivity contribution < 1.29 is 4.42 Å². The zero-order chi connectivity index (χ0) is 9.84. The molecule has 0 atom stereocenters. The third-order valence-corrected chi connectivity index (χ3v) is 1.93. The molecule has 0 aliphatic heterocycles. The zero-order valence-electron chi connectivity index (χ0n) is 8.00. The number of hydrogen-bond acceptors (Lipinski definition) is 3. The van der Waals surface area contributed by atoms with Gasteiger partial charge in [0.15, 0.2) is 17.5 Å². The molecule has 0 radical (unpaired) electrons. The summed E-state index contributed by atoms with van der Waals surface area (Å²) < 4.78 is 5.37. The molecular weight excluding hydrogens is 166 g/mol. The standard InChI is InChI=1S/C9H15N3O/c1-3-12(4-2)8-6-5-7(13-8)9(10)11/h5-6H,3-4H2,1-2H3,(H3,10,11). The third-order valence-electron chi connectivity index (χ3n) is 1.93. The Balaban J connectivity index is 2.84. The van der Waals surface area contributed by atoms with E-state index in [-0.39, 0.29) is 5.84 Å². The Morgan fingerprint density at radius 1 is 1.46 bits per heavy atom. The molecule has 0 amide bonds. The molecule has 1 rings (SSSR count). The molecule has 1 heterocycles. The van der Waals surface area contributed by atoms with Crippen LogP contribution in [-0.4, -0.2) is 18.9 Å².